The molecule has 0 bridgehead atoms. The third-order valence-electron chi connectivity index (χ3n) is 6.44. The van der Waals surface area contributed by atoms with Crippen molar-refractivity contribution in [3.63, 3.8) is 0 Å². The molecule has 3 heterocycles. The fourth-order valence-corrected chi connectivity index (χ4v) is 4.56. The number of rotatable bonds is 5. The minimum absolute atomic E-state index is 0.0277. The molecule has 35 heavy (non-hydrogen) atoms. The van der Waals surface area contributed by atoms with E-state index in [1.165, 1.54) is 6.42 Å². The minimum atomic E-state index is -0.990. The van der Waals surface area contributed by atoms with E-state index in [4.69, 9.17) is 0 Å². The van der Waals surface area contributed by atoms with Gasteiger partial charge in [-0.25, -0.2) is 13.2 Å². The topological polar surface area (TPSA) is 73.9 Å². The number of carbonyl (C=O) groups excluding carboxylic acids is 1. The van der Waals surface area contributed by atoms with Gasteiger partial charge in [-0.05, 0) is 79.4 Å². The van der Waals surface area contributed by atoms with E-state index in [0.717, 1.165) is 49.5 Å². The van der Waals surface area contributed by atoms with Crippen LogP contribution in [0, 0.1) is 24.4 Å². The molecule has 5 rings (SSSR count). The molecule has 6 nitrogen and oxygen atoms in total. The predicted molar refractivity (Wildman–Crippen MR) is 127 cm³/mol. The molecule has 1 aliphatic rings. The third-order valence-corrected chi connectivity index (χ3v) is 6.44. The van der Waals surface area contributed by atoms with Crippen LogP contribution in [0.5, 0.6) is 0 Å². The highest BCUT2D eigenvalue weighted by Crippen LogP contribution is 2.31. The number of aromatic amines is 1. The number of benzene rings is 2. The number of hydrogen-bond acceptors (Lipinski definition) is 4. The minimum Gasteiger partial charge on any atom is -0.316 e. The molecule has 2 N–H and O–H groups in total. The quantitative estimate of drug-likeness (QED) is 0.391. The first-order chi connectivity index (χ1) is 16.9. The van der Waals surface area contributed by atoms with Gasteiger partial charge in [-0.2, -0.15) is 5.10 Å². The van der Waals surface area contributed by atoms with E-state index in [9.17, 15) is 18.0 Å². The van der Waals surface area contributed by atoms with Crippen molar-refractivity contribution in [3.8, 4) is 11.1 Å². The largest absolute Gasteiger partial charge is 0.316 e. The molecule has 0 radical (unpaired) electrons. The number of hydrogen-bond donors (Lipinski definition) is 2. The van der Waals surface area contributed by atoms with Gasteiger partial charge in [0.15, 0.2) is 17.3 Å². The number of likely N-dealkylation sites (tertiary alicyclic amines) is 1. The molecule has 180 valence electrons. The number of pyridine rings is 1. The number of halogens is 3. The Morgan fingerprint density at radius 1 is 1.03 bits per heavy atom. The van der Waals surface area contributed by atoms with Crippen LogP contribution in [-0.2, 0) is 6.54 Å². The van der Waals surface area contributed by atoms with Crippen molar-refractivity contribution in [1.29, 1.82) is 0 Å². The Morgan fingerprint density at radius 3 is 2.51 bits per heavy atom. The van der Waals surface area contributed by atoms with Gasteiger partial charge in [0, 0.05) is 11.9 Å². The van der Waals surface area contributed by atoms with Crippen molar-refractivity contribution in [2.45, 2.75) is 32.7 Å². The summed E-state index contributed by atoms with van der Waals surface area (Å²) in [5.41, 5.74) is 2.77. The lowest BCUT2D eigenvalue weighted by Crippen LogP contribution is -2.29. The molecule has 2 aromatic carbocycles. The highest BCUT2D eigenvalue weighted by Gasteiger charge is 2.20. The van der Waals surface area contributed by atoms with E-state index in [1.54, 1.807) is 25.1 Å². The van der Waals surface area contributed by atoms with Gasteiger partial charge in [-0.15, -0.1) is 0 Å². The van der Waals surface area contributed by atoms with Gasteiger partial charge >= 0.3 is 0 Å². The van der Waals surface area contributed by atoms with E-state index < -0.39 is 23.2 Å². The predicted octanol–water partition coefficient (Wildman–Crippen LogP) is 5.59. The number of H-pyrrole nitrogens is 1. The molecule has 0 spiro atoms. The Balaban J connectivity index is 1.49. The van der Waals surface area contributed by atoms with Gasteiger partial charge in [0.25, 0.3) is 5.91 Å². The number of carbonyl (C=O) groups is 1. The summed E-state index contributed by atoms with van der Waals surface area (Å²) in [6.45, 7) is 4.40. The number of nitrogens with one attached hydrogen (secondary N) is 2. The molecule has 1 aliphatic heterocycles. The highest BCUT2D eigenvalue weighted by molar-refractivity contribution is 6.11. The molecule has 0 unspecified atom stereocenters. The van der Waals surface area contributed by atoms with Gasteiger partial charge < -0.3 is 5.32 Å². The Kier molecular flexibility index (Phi) is 6.25. The lowest BCUT2D eigenvalue weighted by molar-refractivity contribution is 0.102. The van der Waals surface area contributed by atoms with E-state index >= 15 is 0 Å². The fourth-order valence-electron chi connectivity index (χ4n) is 4.56. The van der Waals surface area contributed by atoms with Gasteiger partial charge in [0.05, 0.1) is 17.9 Å². The molecule has 4 aromatic rings. The first-order valence-corrected chi connectivity index (χ1v) is 11.5. The van der Waals surface area contributed by atoms with Crippen molar-refractivity contribution in [1.82, 2.24) is 20.1 Å². The molecular weight excluding hydrogens is 455 g/mol. The van der Waals surface area contributed by atoms with Crippen molar-refractivity contribution < 1.29 is 18.0 Å². The van der Waals surface area contributed by atoms with Crippen molar-refractivity contribution in [2.75, 3.05) is 18.4 Å². The normalized spacial score (nSPS) is 14.4. The smallest absolute Gasteiger partial charge is 0.276 e. The van der Waals surface area contributed by atoms with E-state index in [1.807, 2.05) is 12.1 Å². The molecule has 0 saturated carbocycles. The van der Waals surface area contributed by atoms with Gasteiger partial charge in [-0.3, -0.25) is 19.8 Å². The van der Waals surface area contributed by atoms with E-state index in [0.29, 0.717) is 28.6 Å². The Hall–Kier alpha value is -3.72. The van der Waals surface area contributed by atoms with E-state index in [-0.39, 0.29) is 11.5 Å². The van der Waals surface area contributed by atoms with Crippen molar-refractivity contribution >= 4 is 22.5 Å². The zero-order valence-corrected chi connectivity index (χ0v) is 19.2. The molecule has 0 atom stereocenters. The Bertz CT molecular complexity index is 1390. The molecule has 0 aliphatic carbocycles. The summed E-state index contributed by atoms with van der Waals surface area (Å²) in [5, 5.41) is 9.49. The second-order valence-corrected chi connectivity index (χ2v) is 8.85. The standard InChI is InChI=1S/C26H24F3N5O/c1-15-18(9-16(10-20(15)27)14-34-7-3-2-4-8-34)17-5-6-23-19(11-17)24(33-32-23)26(35)31-25-21(28)12-30-13-22(25)29/h5-6,9-13H,2-4,7-8,14H2,1H3,(H,32,33)(H,30,31,35). The molecule has 1 amide bonds. The molecule has 1 fully saturated rings. The second-order valence-electron chi connectivity index (χ2n) is 8.85. The number of piperidine rings is 1. The van der Waals surface area contributed by atoms with Gasteiger partial charge in [0.2, 0.25) is 0 Å². The first-order valence-electron chi connectivity index (χ1n) is 11.5. The maximum absolute atomic E-state index is 14.9. The summed E-state index contributed by atoms with van der Waals surface area (Å²) in [6.07, 6.45) is 5.15. The van der Waals surface area contributed by atoms with Crippen LogP contribution in [0.1, 0.15) is 40.9 Å². The van der Waals surface area contributed by atoms with Crippen LogP contribution in [-0.4, -0.2) is 39.1 Å². The average molecular weight is 480 g/mol. The van der Waals surface area contributed by atoms with Gasteiger partial charge in [-0.1, -0.05) is 12.5 Å². The molecule has 9 heteroatoms. The molecule has 2 aromatic heterocycles. The lowest BCUT2D eigenvalue weighted by atomic mass is 9.95. The SMILES string of the molecule is Cc1c(F)cc(CN2CCCCC2)cc1-c1ccc2[nH]nc(C(=O)Nc3c(F)cncc3F)c2c1. The van der Waals surface area contributed by atoms with Crippen LogP contribution in [0.2, 0.25) is 0 Å². The van der Waals surface area contributed by atoms with Crippen molar-refractivity contribution in [3.05, 3.63) is 77.0 Å². The summed E-state index contributed by atoms with van der Waals surface area (Å²) in [7, 11) is 0. The number of nitrogens with zero attached hydrogens (tertiary/aromatic N) is 3. The van der Waals surface area contributed by atoms with Crippen LogP contribution in [0.15, 0.2) is 42.7 Å². The van der Waals surface area contributed by atoms with Crippen LogP contribution < -0.4 is 5.32 Å². The fraction of sp³-hybridized carbons (Fsp3) is 0.269. The lowest BCUT2D eigenvalue weighted by Gasteiger charge is -2.26. The first kappa shape index (κ1) is 23.0. The third kappa shape index (κ3) is 4.64. The zero-order valence-electron chi connectivity index (χ0n) is 19.2. The summed E-state index contributed by atoms with van der Waals surface area (Å²) in [5.74, 6) is -3.05. The van der Waals surface area contributed by atoms with Crippen molar-refractivity contribution in [2.24, 2.45) is 0 Å². The number of aromatic nitrogens is 3. The summed E-state index contributed by atoms with van der Waals surface area (Å²) in [6, 6.07) is 8.88. The van der Waals surface area contributed by atoms with E-state index in [2.05, 4.69) is 25.4 Å². The number of anilines is 1. The molecular formula is C26H24F3N5O. The maximum atomic E-state index is 14.9. The average Bonchev–Trinajstić information content (AvgIpc) is 3.28. The summed E-state index contributed by atoms with van der Waals surface area (Å²) in [4.78, 5) is 18.6. The maximum Gasteiger partial charge on any atom is 0.276 e. The van der Waals surface area contributed by atoms with Crippen LogP contribution >= 0.6 is 0 Å². The second kappa shape index (κ2) is 9.50. The van der Waals surface area contributed by atoms with Crippen LogP contribution in [0.25, 0.3) is 22.0 Å². The Morgan fingerprint density at radius 2 is 1.77 bits per heavy atom. The zero-order chi connectivity index (χ0) is 24.5. The number of fused-ring (bicyclic) bond motifs is 1. The van der Waals surface area contributed by atoms with Crippen LogP contribution in [0.4, 0.5) is 18.9 Å². The van der Waals surface area contributed by atoms with Gasteiger partial charge in [0.1, 0.15) is 11.5 Å². The number of amides is 1. The Labute approximate surface area is 200 Å². The molecule has 1 saturated heterocycles. The monoisotopic (exact) mass is 479 g/mol. The van der Waals surface area contributed by atoms with Crippen LogP contribution in [0.3, 0.4) is 0 Å². The highest BCUT2D eigenvalue weighted by atomic mass is 19.1. The summed E-state index contributed by atoms with van der Waals surface area (Å²) < 4.78 is 42.8. The summed E-state index contributed by atoms with van der Waals surface area (Å²) >= 11 is 0.